The van der Waals surface area contributed by atoms with Crippen LogP contribution in [0.4, 0.5) is 9.59 Å². The smallest absolute Gasteiger partial charge is 0.376 e. The average Bonchev–Trinajstić information content (AvgIpc) is 2.42. The third-order valence-corrected chi connectivity index (χ3v) is 1.84. The predicted molar refractivity (Wildman–Crippen MR) is 52.8 cm³/mol. The number of rotatable bonds is 0. The fourth-order valence-electron chi connectivity index (χ4n) is 1.07. The fraction of sp³-hybridized carbons (Fsp3) is 0.556. The van der Waals surface area contributed by atoms with Crippen molar-refractivity contribution in [3.8, 4) is 0 Å². The Kier molecular flexibility index (Phi) is 4.92. The van der Waals surface area contributed by atoms with Crippen LogP contribution in [0.3, 0.4) is 0 Å². The normalized spacial score (nSPS) is 19.8. The molecule has 2 saturated heterocycles. The first kappa shape index (κ1) is 12.9. The van der Waals surface area contributed by atoms with Crippen molar-refractivity contribution in [1.82, 2.24) is 10.6 Å². The van der Waals surface area contributed by atoms with Crippen molar-refractivity contribution in [3.63, 3.8) is 0 Å². The molecule has 0 bridgehead atoms. The molecule has 0 spiro atoms. The van der Waals surface area contributed by atoms with E-state index in [1.165, 1.54) is 0 Å². The molecule has 2 aliphatic rings. The van der Waals surface area contributed by atoms with Gasteiger partial charge in [0.15, 0.2) is 0 Å². The van der Waals surface area contributed by atoms with Crippen molar-refractivity contribution in [2.24, 2.45) is 0 Å². The van der Waals surface area contributed by atoms with E-state index in [4.69, 9.17) is 0 Å². The van der Waals surface area contributed by atoms with Crippen LogP contribution in [0.5, 0.6) is 0 Å². The molecule has 2 rings (SSSR count). The zero-order valence-corrected chi connectivity index (χ0v) is 8.99. The van der Waals surface area contributed by atoms with Crippen LogP contribution in [-0.4, -0.2) is 37.2 Å². The van der Waals surface area contributed by atoms with Gasteiger partial charge in [0.25, 0.3) is 0 Å². The number of carbonyl (C=O) groups excluding carboxylic acids is 4. The van der Waals surface area contributed by atoms with Gasteiger partial charge in [-0.15, -0.1) is 0 Å². The summed E-state index contributed by atoms with van der Waals surface area (Å²) in [4.78, 5) is 41.1. The molecule has 0 aromatic heterocycles. The summed E-state index contributed by atoms with van der Waals surface area (Å²) in [7, 11) is 0. The van der Waals surface area contributed by atoms with Gasteiger partial charge in [0.2, 0.25) is 0 Å². The van der Waals surface area contributed by atoms with Crippen molar-refractivity contribution < 1.29 is 28.7 Å². The van der Waals surface area contributed by atoms with Crippen molar-refractivity contribution in [2.45, 2.75) is 19.3 Å². The number of amides is 2. The molecule has 0 aromatic carbocycles. The first-order valence-electron chi connectivity index (χ1n) is 5.05. The topological polar surface area (TPSA) is 111 Å². The van der Waals surface area contributed by atoms with E-state index in [0.717, 1.165) is 0 Å². The predicted octanol–water partition coefficient (Wildman–Crippen LogP) is -0.324. The third-order valence-electron chi connectivity index (χ3n) is 1.84. The molecule has 0 aliphatic carbocycles. The first-order chi connectivity index (χ1) is 8.08. The summed E-state index contributed by atoms with van der Waals surface area (Å²) < 4.78 is 8.32. The number of ether oxygens (including phenoxy) is 2. The van der Waals surface area contributed by atoms with E-state index in [0.29, 0.717) is 25.9 Å². The summed E-state index contributed by atoms with van der Waals surface area (Å²) in [6.45, 7) is 0.933. The SMILES string of the molecule is O=C1CCCNC(=O)O1.O=C1CCNC(=O)O1. The van der Waals surface area contributed by atoms with Gasteiger partial charge in [-0.1, -0.05) is 0 Å². The molecule has 0 saturated carbocycles. The van der Waals surface area contributed by atoms with E-state index in [1.54, 1.807) is 0 Å². The van der Waals surface area contributed by atoms with Gasteiger partial charge in [-0.3, -0.25) is 9.59 Å². The maximum atomic E-state index is 10.4. The molecule has 94 valence electrons. The Morgan fingerprint density at radius 2 is 1.29 bits per heavy atom. The molecule has 2 N–H and O–H groups in total. The highest BCUT2D eigenvalue weighted by Crippen LogP contribution is 1.96. The van der Waals surface area contributed by atoms with Gasteiger partial charge in [0.1, 0.15) is 0 Å². The summed E-state index contributed by atoms with van der Waals surface area (Å²) in [6, 6.07) is 0. The van der Waals surface area contributed by atoms with Gasteiger partial charge in [0, 0.05) is 19.5 Å². The molecule has 8 heteroatoms. The molecule has 8 nitrogen and oxygen atoms in total. The first-order valence-corrected chi connectivity index (χ1v) is 5.05. The number of nitrogens with one attached hydrogen (secondary N) is 2. The average molecular weight is 244 g/mol. The van der Waals surface area contributed by atoms with Crippen LogP contribution < -0.4 is 10.6 Å². The molecule has 2 fully saturated rings. The van der Waals surface area contributed by atoms with Crippen LogP contribution in [0.2, 0.25) is 0 Å². The molecule has 0 aromatic rings. The van der Waals surface area contributed by atoms with Gasteiger partial charge in [-0.2, -0.15) is 0 Å². The Bertz CT molecular complexity index is 310. The van der Waals surface area contributed by atoms with Crippen LogP contribution in [0.1, 0.15) is 19.3 Å². The van der Waals surface area contributed by atoms with Gasteiger partial charge in [-0.05, 0) is 6.42 Å². The van der Waals surface area contributed by atoms with Crippen molar-refractivity contribution in [3.05, 3.63) is 0 Å². The maximum Gasteiger partial charge on any atom is 0.414 e. The fourth-order valence-corrected chi connectivity index (χ4v) is 1.07. The van der Waals surface area contributed by atoms with Crippen LogP contribution in [0, 0.1) is 0 Å². The van der Waals surface area contributed by atoms with Gasteiger partial charge in [0.05, 0.1) is 6.42 Å². The Balaban J connectivity index is 0.000000171. The second-order valence-corrected chi connectivity index (χ2v) is 3.23. The van der Waals surface area contributed by atoms with Gasteiger partial charge >= 0.3 is 24.1 Å². The van der Waals surface area contributed by atoms with Crippen LogP contribution >= 0.6 is 0 Å². The Morgan fingerprint density at radius 1 is 0.765 bits per heavy atom. The molecule has 0 radical (unpaired) electrons. The molecule has 0 unspecified atom stereocenters. The second-order valence-electron chi connectivity index (χ2n) is 3.23. The number of hydrogen-bond acceptors (Lipinski definition) is 6. The minimum atomic E-state index is -0.638. The molecular weight excluding hydrogens is 232 g/mol. The summed E-state index contributed by atoms with van der Waals surface area (Å²) in [5.74, 6) is -0.890. The van der Waals surface area contributed by atoms with E-state index in [9.17, 15) is 19.2 Å². The van der Waals surface area contributed by atoms with E-state index in [2.05, 4.69) is 20.1 Å². The molecule has 17 heavy (non-hydrogen) atoms. The van der Waals surface area contributed by atoms with E-state index in [-0.39, 0.29) is 6.42 Å². The molecule has 2 amide bonds. The number of hydrogen-bond donors (Lipinski definition) is 2. The number of cyclic esters (lactones) is 4. The van der Waals surface area contributed by atoms with Crippen LogP contribution in [0.15, 0.2) is 0 Å². The summed E-state index contributed by atoms with van der Waals surface area (Å²) in [5, 5.41) is 4.72. The minimum absolute atomic E-state index is 0.283. The largest absolute Gasteiger partial charge is 0.414 e. The summed E-state index contributed by atoms with van der Waals surface area (Å²) >= 11 is 0. The minimum Gasteiger partial charge on any atom is -0.376 e. The van der Waals surface area contributed by atoms with Crippen molar-refractivity contribution in [2.75, 3.05) is 13.1 Å². The lowest BCUT2D eigenvalue weighted by Gasteiger charge is -2.08. The Labute approximate surface area is 96.6 Å². The quantitative estimate of drug-likeness (QED) is 0.446. The summed E-state index contributed by atoms with van der Waals surface area (Å²) in [6.07, 6.45) is 0.0217. The zero-order chi connectivity index (χ0) is 12.7. The number of carbonyl (C=O) groups is 4. The Hall–Kier alpha value is -2.12. The second kappa shape index (κ2) is 6.46. The lowest BCUT2D eigenvalue weighted by Crippen LogP contribution is -2.34. The molecule has 0 atom stereocenters. The standard InChI is InChI=1S/C5H7NO3.C4H5NO3/c7-4-2-1-3-6-5(8)9-4;6-3-1-2-5-4(7)8-3/h1-3H2,(H,6,8);1-2H2,(H,5,7). The van der Waals surface area contributed by atoms with Crippen LogP contribution in [0.25, 0.3) is 0 Å². The highest BCUT2D eigenvalue weighted by atomic mass is 16.6. The lowest BCUT2D eigenvalue weighted by molar-refractivity contribution is -0.139. The van der Waals surface area contributed by atoms with Crippen molar-refractivity contribution >= 4 is 24.1 Å². The van der Waals surface area contributed by atoms with E-state index >= 15 is 0 Å². The highest BCUT2D eigenvalue weighted by Gasteiger charge is 2.15. The van der Waals surface area contributed by atoms with Gasteiger partial charge in [-0.25, -0.2) is 9.59 Å². The molecule has 2 heterocycles. The third kappa shape index (κ3) is 5.50. The lowest BCUT2D eigenvalue weighted by atomic mass is 10.3. The van der Waals surface area contributed by atoms with Crippen LogP contribution in [-0.2, 0) is 19.1 Å². The highest BCUT2D eigenvalue weighted by molar-refractivity contribution is 5.87. The van der Waals surface area contributed by atoms with E-state index in [1.807, 2.05) is 0 Å². The van der Waals surface area contributed by atoms with Gasteiger partial charge < -0.3 is 20.1 Å². The summed E-state index contributed by atoms with van der Waals surface area (Å²) in [5.41, 5.74) is 0. The van der Waals surface area contributed by atoms with E-state index < -0.39 is 24.1 Å². The number of esters is 2. The zero-order valence-electron chi connectivity index (χ0n) is 8.99. The molecule has 2 aliphatic heterocycles. The monoisotopic (exact) mass is 244 g/mol. The maximum absolute atomic E-state index is 10.4. The number of alkyl carbamates (subject to hydrolysis) is 2. The molecular formula is C9H12N2O6. The Morgan fingerprint density at radius 3 is 1.82 bits per heavy atom. The van der Waals surface area contributed by atoms with Crippen molar-refractivity contribution in [1.29, 1.82) is 0 Å².